The second-order valence-electron chi connectivity index (χ2n) is 3.91. The molecule has 0 aliphatic rings. The van der Waals surface area contributed by atoms with Crippen molar-refractivity contribution in [2.45, 2.75) is 13.5 Å². The largest absolute Gasteiger partial charge is 0.493 e. The van der Waals surface area contributed by atoms with Gasteiger partial charge < -0.3 is 14.4 Å². The first-order valence-electron chi connectivity index (χ1n) is 5.40. The van der Waals surface area contributed by atoms with Crippen LogP contribution in [0.3, 0.4) is 0 Å². The molecule has 1 aromatic rings. The van der Waals surface area contributed by atoms with Crippen molar-refractivity contribution in [1.29, 1.82) is 5.26 Å². The molecule has 0 fully saturated rings. The Morgan fingerprint density at radius 3 is 2.39 bits per heavy atom. The van der Waals surface area contributed by atoms with E-state index in [1.54, 1.807) is 27.3 Å². The van der Waals surface area contributed by atoms with Crippen molar-refractivity contribution < 1.29 is 14.3 Å². The molecule has 96 valence electrons. The Morgan fingerprint density at radius 2 is 1.89 bits per heavy atom. The molecule has 0 bridgehead atoms. The van der Waals surface area contributed by atoms with Crippen LogP contribution in [0.15, 0.2) is 12.1 Å². The number of nitriles is 1. The smallest absolute Gasteiger partial charge is 0.325 e. The molecule has 5 heteroatoms. The second-order valence-corrected chi connectivity index (χ2v) is 3.91. The van der Waals surface area contributed by atoms with Crippen LogP contribution < -0.4 is 9.47 Å². The summed E-state index contributed by atoms with van der Waals surface area (Å²) in [5, 5.41) is 8.55. The van der Waals surface area contributed by atoms with Gasteiger partial charge in [0.05, 0.1) is 14.2 Å². The van der Waals surface area contributed by atoms with Gasteiger partial charge in [-0.25, -0.2) is 0 Å². The van der Waals surface area contributed by atoms with E-state index in [0.29, 0.717) is 18.0 Å². The third-order valence-electron chi connectivity index (χ3n) is 2.69. The average Bonchev–Trinajstić information content (AvgIpc) is 2.39. The number of hydrogen-bond donors (Lipinski definition) is 0. The van der Waals surface area contributed by atoms with Crippen LogP contribution in [0.2, 0.25) is 0 Å². The van der Waals surface area contributed by atoms with E-state index in [1.165, 1.54) is 4.90 Å². The molecule has 0 aliphatic heterocycles. The third-order valence-corrected chi connectivity index (χ3v) is 2.69. The molecule has 5 nitrogen and oxygen atoms in total. The van der Waals surface area contributed by atoms with Crippen LogP contribution in [0, 0.1) is 18.3 Å². The quantitative estimate of drug-likeness (QED) is 0.757. The summed E-state index contributed by atoms with van der Waals surface area (Å²) in [4.78, 5) is 12.6. The van der Waals surface area contributed by atoms with Gasteiger partial charge in [-0.15, -0.1) is 0 Å². The van der Waals surface area contributed by atoms with E-state index in [-0.39, 0.29) is 0 Å². The molecular formula is C13H16N2O3. The van der Waals surface area contributed by atoms with Crippen LogP contribution in [-0.4, -0.2) is 32.1 Å². The Labute approximate surface area is 107 Å². The lowest BCUT2D eigenvalue weighted by Crippen LogP contribution is -2.24. The fourth-order valence-electron chi connectivity index (χ4n) is 1.61. The summed E-state index contributed by atoms with van der Waals surface area (Å²) in [6.45, 7) is 2.28. The third kappa shape index (κ3) is 2.92. The van der Waals surface area contributed by atoms with Crippen molar-refractivity contribution >= 4 is 5.91 Å². The predicted molar refractivity (Wildman–Crippen MR) is 66.4 cm³/mol. The number of hydrogen-bond acceptors (Lipinski definition) is 4. The summed E-state index contributed by atoms with van der Waals surface area (Å²) < 4.78 is 10.4. The summed E-state index contributed by atoms with van der Waals surface area (Å²) in [6.07, 6.45) is 0. The lowest BCUT2D eigenvalue weighted by atomic mass is 10.1. The molecule has 18 heavy (non-hydrogen) atoms. The van der Waals surface area contributed by atoms with Crippen molar-refractivity contribution in [3.63, 3.8) is 0 Å². The van der Waals surface area contributed by atoms with E-state index in [2.05, 4.69) is 0 Å². The Morgan fingerprint density at radius 1 is 1.33 bits per heavy atom. The number of rotatable bonds is 4. The minimum absolute atomic E-state index is 0.360. The maximum absolute atomic E-state index is 11.2. The fraction of sp³-hybridized carbons (Fsp3) is 0.385. The Balaban J connectivity index is 3.04. The highest BCUT2D eigenvalue weighted by Crippen LogP contribution is 2.30. The predicted octanol–water partition coefficient (Wildman–Crippen LogP) is 1.49. The Kier molecular flexibility index (Phi) is 4.55. The summed E-state index contributed by atoms with van der Waals surface area (Å²) >= 11 is 0. The lowest BCUT2D eigenvalue weighted by Gasteiger charge is -2.17. The number of methoxy groups -OCH3 is 2. The highest BCUT2D eigenvalue weighted by atomic mass is 16.5. The molecule has 1 aromatic carbocycles. The Bertz CT molecular complexity index is 492. The van der Waals surface area contributed by atoms with Gasteiger partial charge in [0.1, 0.15) is 0 Å². The number of benzene rings is 1. The number of ether oxygens (including phenoxy) is 2. The molecule has 0 heterocycles. The topological polar surface area (TPSA) is 62.6 Å². The molecule has 0 radical (unpaired) electrons. The summed E-state index contributed by atoms with van der Waals surface area (Å²) in [6, 6.07) is 5.25. The van der Waals surface area contributed by atoms with Gasteiger partial charge in [-0.2, -0.15) is 5.26 Å². The number of carbonyl (C=O) groups is 1. The average molecular weight is 248 g/mol. The molecule has 0 N–H and O–H groups in total. The van der Waals surface area contributed by atoms with Gasteiger partial charge in [0, 0.05) is 13.6 Å². The van der Waals surface area contributed by atoms with Crippen molar-refractivity contribution in [2.24, 2.45) is 0 Å². The van der Waals surface area contributed by atoms with Crippen molar-refractivity contribution in [3.8, 4) is 17.6 Å². The van der Waals surface area contributed by atoms with Gasteiger partial charge in [0.25, 0.3) is 0 Å². The molecule has 0 unspecified atom stereocenters. The van der Waals surface area contributed by atoms with Crippen molar-refractivity contribution in [2.75, 3.05) is 21.3 Å². The monoisotopic (exact) mass is 248 g/mol. The first-order chi connectivity index (χ1) is 8.53. The van der Waals surface area contributed by atoms with Gasteiger partial charge in [-0.1, -0.05) is 0 Å². The molecule has 0 spiro atoms. The van der Waals surface area contributed by atoms with E-state index in [4.69, 9.17) is 14.7 Å². The van der Waals surface area contributed by atoms with Crippen molar-refractivity contribution in [1.82, 2.24) is 4.90 Å². The van der Waals surface area contributed by atoms with E-state index >= 15 is 0 Å². The van der Waals surface area contributed by atoms with Gasteiger partial charge in [0.2, 0.25) is 0 Å². The first kappa shape index (κ1) is 13.8. The lowest BCUT2D eigenvalue weighted by molar-refractivity contribution is -0.124. The molecule has 0 aromatic heterocycles. The van der Waals surface area contributed by atoms with Crippen LogP contribution in [-0.2, 0) is 11.3 Å². The highest BCUT2D eigenvalue weighted by Gasteiger charge is 2.13. The number of nitrogens with zero attached hydrogens (tertiary/aromatic N) is 2. The van der Waals surface area contributed by atoms with E-state index in [1.807, 2.05) is 19.1 Å². The molecule has 0 saturated carbocycles. The Hall–Kier alpha value is -2.22. The van der Waals surface area contributed by atoms with Crippen molar-refractivity contribution in [3.05, 3.63) is 23.3 Å². The first-order valence-corrected chi connectivity index (χ1v) is 5.40. The molecule has 0 atom stereocenters. The van der Waals surface area contributed by atoms with Crippen LogP contribution in [0.5, 0.6) is 11.5 Å². The van der Waals surface area contributed by atoms with Gasteiger partial charge in [-0.3, -0.25) is 4.79 Å². The van der Waals surface area contributed by atoms with E-state index in [9.17, 15) is 4.79 Å². The number of amides is 1. The number of carbonyl (C=O) groups excluding carboxylic acids is 1. The maximum Gasteiger partial charge on any atom is 0.325 e. The highest BCUT2D eigenvalue weighted by molar-refractivity contribution is 5.90. The minimum Gasteiger partial charge on any atom is -0.493 e. The van der Waals surface area contributed by atoms with E-state index < -0.39 is 5.91 Å². The zero-order valence-corrected chi connectivity index (χ0v) is 11.0. The molecular weight excluding hydrogens is 232 g/mol. The zero-order chi connectivity index (χ0) is 13.7. The van der Waals surface area contributed by atoms with Gasteiger partial charge in [0.15, 0.2) is 17.6 Å². The van der Waals surface area contributed by atoms with Gasteiger partial charge in [-0.05, 0) is 30.2 Å². The fourth-order valence-corrected chi connectivity index (χ4v) is 1.61. The van der Waals surface area contributed by atoms with Crippen LogP contribution >= 0.6 is 0 Å². The number of aryl methyl sites for hydroxylation is 1. The van der Waals surface area contributed by atoms with E-state index in [0.717, 1.165) is 11.1 Å². The van der Waals surface area contributed by atoms with Crippen LogP contribution in [0.4, 0.5) is 0 Å². The summed E-state index contributed by atoms with van der Waals surface area (Å²) in [7, 11) is 4.71. The van der Waals surface area contributed by atoms with Crippen LogP contribution in [0.25, 0.3) is 0 Å². The van der Waals surface area contributed by atoms with Crippen LogP contribution in [0.1, 0.15) is 11.1 Å². The zero-order valence-electron chi connectivity index (χ0n) is 11.0. The SMILES string of the molecule is COc1cc(C)c(CN(C)C(=O)C#N)cc1OC. The normalized spacial score (nSPS) is 9.50. The minimum atomic E-state index is -0.566. The second kappa shape index (κ2) is 5.92. The standard InChI is InChI=1S/C13H16N2O3/c1-9-5-11(17-3)12(18-4)6-10(9)8-15(2)13(16)7-14/h5-6H,8H2,1-4H3. The molecule has 0 saturated heterocycles. The molecule has 1 amide bonds. The molecule has 1 rings (SSSR count). The summed E-state index contributed by atoms with van der Waals surface area (Å²) in [5.41, 5.74) is 1.89. The van der Waals surface area contributed by atoms with Gasteiger partial charge >= 0.3 is 5.91 Å². The molecule has 0 aliphatic carbocycles. The summed E-state index contributed by atoms with van der Waals surface area (Å²) in [5.74, 6) is 0.688. The maximum atomic E-state index is 11.2.